The third-order valence-corrected chi connectivity index (χ3v) is 5.34. The molecular weight excluding hydrogens is 276 g/mol. The quantitative estimate of drug-likeness (QED) is 0.846. The van der Waals surface area contributed by atoms with Crippen molar-refractivity contribution in [3.63, 3.8) is 0 Å². The fraction of sp³-hybridized carbons (Fsp3) is 0.444. The average Bonchev–Trinajstić information content (AvgIpc) is 3.25. The maximum Gasteiger partial charge on any atom is 0.0331 e. The van der Waals surface area contributed by atoms with Gasteiger partial charge in [0.25, 0.3) is 0 Å². The molecule has 1 aliphatic rings. The molecule has 1 fully saturated rings. The molecule has 0 radical (unpaired) electrons. The van der Waals surface area contributed by atoms with Gasteiger partial charge in [0.1, 0.15) is 0 Å². The van der Waals surface area contributed by atoms with Crippen LogP contribution in [0.3, 0.4) is 0 Å². The van der Waals surface area contributed by atoms with Gasteiger partial charge in [-0.2, -0.15) is 0 Å². The third-order valence-electron chi connectivity index (χ3n) is 4.48. The number of rotatable bonds is 7. The van der Waals surface area contributed by atoms with E-state index in [0.29, 0.717) is 6.54 Å². The highest BCUT2D eigenvalue weighted by atomic mass is 32.1. The van der Waals surface area contributed by atoms with Crippen molar-refractivity contribution in [1.82, 2.24) is 4.90 Å². The lowest BCUT2D eigenvalue weighted by molar-refractivity contribution is 0.202. The van der Waals surface area contributed by atoms with Crippen molar-refractivity contribution in [1.29, 1.82) is 0 Å². The molecule has 3 rings (SSSR count). The van der Waals surface area contributed by atoms with Crippen molar-refractivity contribution in [3.8, 4) is 0 Å². The summed E-state index contributed by atoms with van der Waals surface area (Å²) >= 11 is 1.85. The molecule has 0 bridgehead atoms. The number of thiophene rings is 1. The molecule has 21 heavy (non-hydrogen) atoms. The second kappa shape index (κ2) is 6.30. The second-order valence-corrected chi connectivity index (χ2v) is 7.38. The minimum absolute atomic E-state index is 0.0289. The molecule has 2 aromatic rings. The van der Waals surface area contributed by atoms with Gasteiger partial charge < -0.3 is 5.73 Å². The highest BCUT2D eigenvalue weighted by Crippen LogP contribution is 2.33. The summed E-state index contributed by atoms with van der Waals surface area (Å²) in [6.45, 7) is 5.08. The van der Waals surface area contributed by atoms with E-state index in [4.69, 9.17) is 5.73 Å². The average molecular weight is 300 g/mol. The van der Waals surface area contributed by atoms with Gasteiger partial charge in [0.2, 0.25) is 0 Å². The fourth-order valence-electron chi connectivity index (χ4n) is 2.92. The standard InChI is InChI=1S/C18H24N2S/c1-18(13-19,15-6-3-2-4-7-15)14-20(16-9-10-16)12-17-8-5-11-21-17/h2-8,11,16H,9-10,12-14,19H2,1H3. The Morgan fingerprint density at radius 1 is 1.19 bits per heavy atom. The highest BCUT2D eigenvalue weighted by Gasteiger charge is 2.35. The fourth-order valence-corrected chi connectivity index (χ4v) is 3.65. The summed E-state index contributed by atoms with van der Waals surface area (Å²) in [7, 11) is 0. The zero-order valence-electron chi connectivity index (χ0n) is 12.7. The van der Waals surface area contributed by atoms with E-state index in [0.717, 1.165) is 19.1 Å². The molecule has 1 atom stereocenters. The maximum atomic E-state index is 6.16. The topological polar surface area (TPSA) is 29.3 Å². The Labute approximate surface area is 131 Å². The molecule has 2 N–H and O–H groups in total. The first-order valence-electron chi connectivity index (χ1n) is 7.73. The lowest BCUT2D eigenvalue weighted by Gasteiger charge is -2.35. The van der Waals surface area contributed by atoms with Crippen molar-refractivity contribution < 1.29 is 0 Å². The third kappa shape index (κ3) is 3.54. The van der Waals surface area contributed by atoms with Gasteiger partial charge in [-0.1, -0.05) is 43.3 Å². The molecule has 1 aromatic heterocycles. The molecule has 1 aliphatic carbocycles. The molecule has 0 amide bonds. The van der Waals surface area contributed by atoms with Crippen LogP contribution in [0, 0.1) is 0 Å². The monoisotopic (exact) mass is 300 g/mol. The van der Waals surface area contributed by atoms with Gasteiger partial charge >= 0.3 is 0 Å². The lowest BCUT2D eigenvalue weighted by Crippen LogP contribution is -2.44. The summed E-state index contributed by atoms with van der Waals surface area (Å²) < 4.78 is 0. The van der Waals surface area contributed by atoms with E-state index in [1.54, 1.807) is 0 Å². The molecule has 1 unspecified atom stereocenters. The SMILES string of the molecule is CC(CN)(CN(Cc1cccs1)C1CC1)c1ccccc1. The van der Waals surface area contributed by atoms with Crippen molar-refractivity contribution in [2.24, 2.45) is 5.73 Å². The minimum Gasteiger partial charge on any atom is -0.330 e. The van der Waals surface area contributed by atoms with E-state index >= 15 is 0 Å². The molecule has 1 heterocycles. The van der Waals surface area contributed by atoms with E-state index in [9.17, 15) is 0 Å². The number of hydrogen-bond acceptors (Lipinski definition) is 3. The molecule has 1 aromatic carbocycles. The van der Waals surface area contributed by atoms with Crippen LogP contribution in [0.2, 0.25) is 0 Å². The van der Waals surface area contributed by atoms with Gasteiger partial charge in [0.05, 0.1) is 0 Å². The van der Waals surface area contributed by atoms with Gasteiger partial charge in [-0.25, -0.2) is 0 Å². The van der Waals surface area contributed by atoms with E-state index in [-0.39, 0.29) is 5.41 Å². The lowest BCUT2D eigenvalue weighted by atomic mass is 9.82. The normalized spacial score (nSPS) is 17.9. The van der Waals surface area contributed by atoms with Crippen LogP contribution in [0.25, 0.3) is 0 Å². The van der Waals surface area contributed by atoms with Crippen LogP contribution in [0.15, 0.2) is 47.8 Å². The Bertz CT molecular complexity index is 548. The van der Waals surface area contributed by atoms with Gasteiger partial charge in [0.15, 0.2) is 0 Å². The van der Waals surface area contributed by atoms with Gasteiger partial charge in [0, 0.05) is 36.0 Å². The molecule has 0 saturated heterocycles. The van der Waals surface area contributed by atoms with E-state index < -0.39 is 0 Å². The first-order valence-corrected chi connectivity index (χ1v) is 8.61. The molecule has 1 saturated carbocycles. The van der Waals surface area contributed by atoms with Gasteiger partial charge in [-0.05, 0) is 29.9 Å². The predicted octanol–water partition coefficient (Wildman–Crippen LogP) is 3.63. The van der Waals surface area contributed by atoms with Crippen molar-refractivity contribution in [2.75, 3.05) is 13.1 Å². The van der Waals surface area contributed by atoms with Crippen LogP contribution in [-0.2, 0) is 12.0 Å². The number of nitrogens with zero attached hydrogens (tertiary/aromatic N) is 1. The summed E-state index contributed by atoms with van der Waals surface area (Å²) in [6.07, 6.45) is 2.67. The van der Waals surface area contributed by atoms with Crippen molar-refractivity contribution in [2.45, 2.75) is 37.8 Å². The summed E-state index contributed by atoms with van der Waals surface area (Å²) in [5.74, 6) is 0. The van der Waals surface area contributed by atoms with Gasteiger partial charge in [-0.3, -0.25) is 4.90 Å². The first-order chi connectivity index (χ1) is 10.2. The van der Waals surface area contributed by atoms with E-state index in [1.165, 1.54) is 23.3 Å². The summed E-state index contributed by atoms with van der Waals surface area (Å²) in [6, 6.07) is 15.9. The molecular formula is C18H24N2S. The summed E-state index contributed by atoms with van der Waals surface area (Å²) in [5, 5.41) is 2.17. The second-order valence-electron chi connectivity index (χ2n) is 6.35. The molecule has 3 heteroatoms. The maximum absolute atomic E-state index is 6.16. The number of hydrogen-bond donors (Lipinski definition) is 1. The Balaban J connectivity index is 1.77. The van der Waals surface area contributed by atoms with Crippen LogP contribution in [0.4, 0.5) is 0 Å². The Morgan fingerprint density at radius 2 is 1.95 bits per heavy atom. The molecule has 112 valence electrons. The van der Waals surface area contributed by atoms with Crippen LogP contribution >= 0.6 is 11.3 Å². The largest absolute Gasteiger partial charge is 0.330 e. The Kier molecular flexibility index (Phi) is 4.43. The first kappa shape index (κ1) is 14.8. The van der Waals surface area contributed by atoms with Crippen LogP contribution in [0.1, 0.15) is 30.2 Å². The van der Waals surface area contributed by atoms with Crippen molar-refractivity contribution >= 4 is 11.3 Å². The van der Waals surface area contributed by atoms with E-state index in [2.05, 4.69) is 59.7 Å². The molecule has 2 nitrogen and oxygen atoms in total. The van der Waals surface area contributed by atoms with Gasteiger partial charge in [-0.15, -0.1) is 11.3 Å². The minimum atomic E-state index is 0.0289. The molecule has 0 aliphatic heterocycles. The predicted molar refractivity (Wildman–Crippen MR) is 90.6 cm³/mol. The number of nitrogens with two attached hydrogens (primary N) is 1. The highest BCUT2D eigenvalue weighted by molar-refractivity contribution is 7.09. The molecule has 0 spiro atoms. The Hall–Kier alpha value is -1.16. The van der Waals surface area contributed by atoms with E-state index in [1.807, 2.05) is 11.3 Å². The van der Waals surface area contributed by atoms with Crippen LogP contribution in [-0.4, -0.2) is 24.0 Å². The zero-order valence-corrected chi connectivity index (χ0v) is 13.5. The number of benzene rings is 1. The summed E-state index contributed by atoms with van der Waals surface area (Å²) in [4.78, 5) is 4.08. The van der Waals surface area contributed by atoms with Crippen LogP contribution in [0.5, 0.6) is 0 Å². The smallest absolute Gasteiger partial charge is 0.0331 e. The van der Waals surface area contributed by atoms with Crippen LogP contribution < -0.4 is 5.73 Å². The zero-order chi connectivity index (χ0) is 14.7. The van der Waals surface area contributed by atoms with Crippen molar-refractivity contribution in [3.05, 3.63) is 58.3 Å². The Morgan fingerprint density at radius 3 is 2.52 bits per heavy atom. The summed E-state index contributed by atoms with van der Waals surface area (Å²) in [5.41, 5.74) is 7.54.